The molecule has 5 heteroatoms. The lowest BCUT2D eigenvalue weighted by Crippen LogP contribution is -2.58. The summed E-state index contributed by atoms with van der Waals surface area (Å²) >= 11 is 0. The lowest BCUT2D eigenvalue weighted by molar-refractivity contribution is -0.0982. The lowest BCUT2D eigenvalue weighted by atomic mass is 9.48. The highest BCUT2D eigenvalue weighted by molar-refractivity contribution is 6.74. The van der Waals surface area contributed by atoms with E-state index in [1.54, 1.807) is 0 Å². The van der Waals surface area contributed by atoms with Gasteiger partial charge in [0.25, 0.3) is 0 Å². The summed E-state index contributed by atoms with van der Waals surface area (Å²) in [6.07, 6.45) is 11.5. The fourth-order valence-corrected chi connectivity index (χ4v) is 10.2. The minimum absolute atomic E-state index is 0.00589. The van der Waals surface area contributed by atoms with Gasteiger partial charge in [0.2, 0.25) is 0 Å². The third-order valence-corrected chi connectivity index (χ3v) is 16.6. The third-order valence-electron chi connectivity index (χ3n) is 12.0. The Balaban J connectivity index is 1.56. The first-order chi connectivity index (χ1) is 17.3. The van der Waals surface area contributed by atoms with Crippen molar-refractivity contribution in [3.05, 3.63) is 23.3 Å². The molecule has 0 unspecified atom stereocenters. The van der Waals surface area contributed by atoms with Crippen LogP contribution in [-0.4, -0.2) is 47.5 Å². The fraction of sp³-hybridized carbons (Fsp3) is 0.879. The largest absolute Gasteiger partial charge is 0.414 e. The molecular formula is C33H58O4Si. The van der Waals surface area contributed by atoms with Crippen molar-refractivity contribution in [3.63, 3.8) is 0 Å². The zero-order valence-corrected chi connectivity index (χ0v) is 27.1. The van der Waals surface area contributed by atoms with Crippen molar-refractivity contribution in [2.24, 2.45) is 34.5 Å². The highest BCUT2D eigenvalue weighted by atomic mass is 28.4. The zero-order valence-electron chi connectivity index (χ0n) is 26.1. The van der Waals surface area contributed by atoms with Crippen molar-refractivity contribution >= 4 is 8.32 Å². The number of fused-ring (bicyclic) bond motifs is 5. The predicted molar refractivity (Wildman–Crippen MR) is 159 cm³/mol. The number of allylic oxidation sites excluding steroid dienone is 2. The normalized spacial score (nSPS) is 40.6. The molecule has 218 valence electrons. The predicted octanol–water partition coefficient (Wildman–Crippen LogP) is 7.39. The number of hydrogen-bond donors (Lipinski definition) is 3. The lowest BCUT2D eigenvalue weighted by Gasteiger charge is -2.58. The molecule has 0 radical (unpaired) electrons. The molecule has 4 aliphatic carbocycles. The first-order valence-electron chi connectivity index (χ1n) is 15.5. The van der Waals surface area contributed by atoms with Crippen molar-refractivity contribution in [1.29, 1.82) is 0 Å². The van der Waals surface area contributed by atoms with Crippen LogP contribution in [0.1, 0.15) is 107 Å². The number of rotatable bonds is 7. The molecular weight excluding hydrogens is 488 g/mol. The monoisotopic (exact) mass is 546 g/mol. The average molecular weight is 547 g/mol. The van der Waals surface area contributed by atoms with Gasteiger partial charge >= 0.3 is 0 Å². The number of hydrogen-bond acceptors (Lipinski definition) is 4. The van der Waals surface area contributed by atoms with Gasteiger partial charge in [0.15, 0.2) is 8.32 Å². The molecule has 0 heterocycles. The van der Waals surface area contributed by atoms with Crippen LogP contribution in [0, 0.1) is 34.5 Å². The van der Waals surface area contributed by atoms with Gasteiger partial charge in [0.1, 0.15) is 0 Å². The van der Waals surface area contributed by atoms with Gasteiger partial charge in [-0.2, -0.15) is 0 Å². The second-order valence-electron chi connectivity index (χ2n) is 16.3. The van der Waals surface area contributed by atoms with E-state index in [0.717, 1.165) is 32.1 Å². The Bertz CT molecular complexity index is 940. The quantitative estimate of drug-likeness (QED) is 0.291. The van der Waals surface area contributed by atoms with Crippen molar-refractivity contribution < 1.29 is 19.7 Å². The van der Waals surface area contributed by atoms with Gasteiger partial charge in [-0.1, -0.05) is 77.7 Å². The maximum Gasteiger partial charge on any atom is 0.192 e. The molecule has 0 amide bonds. The average Bonchev–Trinajstić information content (AvgIpc) is 3.09. The van der Waals surface area contributed by atoms with Crippen LogP contribution in [0.4, 0.5) is 0 Å². The molecule has 0 aromatic carbocycles. The van der Waals surface area contributed by atoms with Crippen LogP contribution in [0.3, 0.4) is 0 Å². The molecule has 3 saturated carbocycles. The maximum absolute atomic E-state index is 11.8. The van der Waals surface area contributed by atoms with E-state index in [9.17, 15) is 15.3 Å². The van der Waals surface area contributed by atoms with E-state index in [4.69, 9.17) is 4.43 Å². The Morgan fingerprint density at radius 2 is 1.74 bits per heavy atom. The molecule has 0 spiro atoms. The summed E-state index contributed by atoms with van der Waals surface area (Å²) < 4.78 is 6.79. The molecule has 0 aromatic rings. The van der Waals surface area contributed by atoms with E-state index < -0.39 is 31.5 Å². The third kappa shape index (κ3) is 5.29. The number of aliphatic hydroxyl groups is 3. The second-order valence-corrected chi connectivity index (χ2v) is 21.0. The van der Waals surface area contributed by atoms with Crippen LogP contribution >= 0.6 is 0 Å². The fourth-order valence-electron chi connectivity index (χ4n) is 8.86. The summed E-state index contributed by atoms with van der Waals surface area (Å²) in [5.74, 6) is 1.63. The summed E-state index contributed by atoms with van der Waals surface area (Å²) in [4.78, 5) is 0. The minimum atomic E-state index is -1.93. The Kier molecular flexibility index (Phi) is 8.12. The van der Waals surface area contributed by atoms with Gasteiger partial charge in [-0.05, 0) is 93.7 Å². The Morgan fingerprint density at radius 1 is 1.08 bits per heavy atom. The first kappa shape index (κ1) is 30.5. The van der Waals surface area contributed by atoms with Crippen molar-refractivity contribution in [1.82, 2.24) is 0 Å². The molecule has 0 bridgehead atoms. The summed E-state index contributed by atoms with van der Waals surface area (Å²) in [7, 11) is -1.93. The molecule has 3 fully saturated rings. The summed E-state index contributed by atoms with van der Waals surface area (Å²) in [5.41, 5.74) is 1.73. The van der Waals surface area contributed by atoms with Crippen LogP contribution in [0.5, 0.6) is 0 Å². The topological polar surface area (TPSA) is 69.9 Å². The first-order valence-corrected chi connectivity index (χ1v) is 18.4. The van der Waals surface area contributed by atoms with Crippen LogP contribution in [0.15, 0.2) is 23.3 Å². The van der Waals surface area contributed by atoms with Gasteiger partial charge in [-0.3, -0.25) is 0 Å². The summed E-state index contributed by atoms with van der Waals surface area (Å²) in [6, 6.07) is 0. The van der Waals surface area contributed by atoms with Crippen molar-refractivity contribution in [2.75, 3.05) is 0 Å². The minimum Gasteiger partial charge on any atom is -0.414 e. The van der Waals surface area contributed by atoms with Crippen LogP contribution in [-0.2, 0) is 4.43 Å². The molecule has 9 atom stereocenters. The van der Waals surface area contributed by atoms with E-state index in [-0.39, 0.29) is 22.5 Å². The standard InChI is InChI=1S/C33H58O4Si/c1-21(12-11-17-31(5,6)36)25-15-16-26-24-14-13-22-18-23(37-38(9,10)30(2,3)4)19-28(35)33(22,8)29(24)27(34)20-32(25,26)7/h13-14,21,23,25-29,34-36H,11-12,15-20H2,1-10H3/t21-,23-,25-,26+,27-,28+,29-,32-,33-/m1/s1. The smallest absolute Gasteiger partial charge is 0.192 e. The maximum atomic E-state index is 11.8. The van der Waals surface area contributed by atoms with Gasteiger partial charge < -0.3 is 19.7 Å². The van der Waals surface area contributed by atoms with Crippen molar-refractivity contribution in [3.8, 4) is 0 Å². The van der Waals surface area contributed by atoms with Crippen molar-refractivity contribution in [2.45, 2.75) is 149 Å². The Hall–Kier alpha value is -0.463. The van der Waals surface area contributed by atoms with E-state index in [1.165, 1.54) is 24.0 Å². The highest BCUT2D eigenvalue weighted by Crippen LogP contribution is 2.66. The van der Waals surface area contributed by atoms with Gasteiger partial charge in [-0.15, -0.1) is 0 Å². The molecule has 4 aliphatic rings. The van der Waals surface area contributed by atoms with E-state index in [2.05, 4.69) is 66.8 Å². The summed E-state index contributed by atoms with van der Waals surface area (Å²) in [6.45, 7) is 22.3. The highest BCUT2D eigenvalue weighted by Gasteiger charge is 2.62. The van der Waals surface area contributed by atoms with Crippen LogP contribution < -0.4 is 0 Å². The van der Waals surface area contributed by atoms with E-state index >= 15 is 0 Å². The SMILES string of the molecule is C[C@H](CCCC(C)(C)O)[C@H]1CC[C@H]2C3=CC=C4C[C@@H](O[Si](C)(C)C(C)(C)C)C[C@H](O)[C@]4(C)[C@H]3[C@H](O)C[C@]12C. The Labute approximate surface area is 234 Å². The van der Waals surface area contributed by atoms with Gasteiger partial charge in [-0.25, -0.2) is 0 Å². The Morgan fingerprint density at radius 3 is 2.34 bits per heavy atom. The van der Waals surface area contributed by atoms with E-state index in [1.807, 2.05) is 13.8 Å². The van der Waals surface area contributed by atoms with E-state index in [0.29, 0.717) is 24.2 Å². The van der Waals surface area contributed by atoms with Gasteiger partial charge in [0, 0.05) is 11.3 Å². The molecule has 0 aliphatic heterocycles. The molecule has 0 saturated heterocycles. The zero-order chi connectivity index (χ0) is 28.5. The molecule has 3 N–H and O–H groups in total. The molecule has 4 nitrogen and oxygen atoms in total. The van der Waals surface area contributed by atoms with Gasteiger partial charge in [0.05, 0.1) is 23.9 Å². The summed E-state index contributed by atoms with van der Waals surface area (Å²) in [5, 5.41) is 33.9. The second kappa shape index (κ2) is 10.1. The molecule has 4 rings (SSSR count). The molecule has 0 aromatic heterocycles. The van der Waals surface area contributed by atoms with Crippen LogP contribution in [0.2, 0.25) is 18.1 Å². The number of aliphatic hydroxyl groups excluding tert-OH is 2. The molecule has 38 heavy (non-hydrogen) atoms. The van der Waals surface area contributed by atoms with Crippen LogP contribution in [0.25, 0.3) is 0 Å².